The van der Waals surface area contributed by atoms with Crippen molar-refractivity contribution in [2.24, 2.45) is 5.92 Å². The van der Waals surface area contributed by atoms with Gasteiger partial charge in [-0.15, -0.1) is 0 Å². The Kier molecular flexibility index (Phi) is 4.47. The summed E-state index contributed by atoms with van der Waals surface area (Å²) in [6.45, 7) is 0. The number of carbonyl (C=O) groups is 1. The number of hydrogen-bond acceptors (Lipinski definition) is 2. The molecule has 0 spiro atoms. The standard InChI is InChI=1S/C13H15F3N2OS/c14-13(15,16)8-3-1-4-9(7-8)18-11(19)10-5-2-6-17-12(10)20/h2,5-6,8-9H,1,3-4,7H2,(H,17,20)(H,18,19)/t8-,9-/m0/s1. The van der Waals surface area contributed by atoms with Crippen LogP contribution in [0.2, 0.25) is 0 Å². The van der Waals surface area contributed by atoms with E-state index in [1.165, 1.54) is 0 Å². The van der Waals surface area contributed by atoms with Gasteiger partial charge in [-0.05, 0) is 31.4 Å². The average Bonchev–Trinajstić information content (AvgIpc) is 2.38. The smallest absolute Gasteiger partial charge is 0.352 e. The van der Waals surface area contributed by atoms with Gasteiger partial charge in [0.15, 0.2) is 0 Å². The Balaban J connectivity index is 2.02. The number of carbonyl (C=O) groups excluding carboxylic acids is 1. The Morgan fingerprint density at radius 3 is 2.80 bits per heavy atom. The van der Waals surface area contributed by atoms with E-state index in [1.807, 2.05) is 0 Å². The van der Waals surface area contributed by atoms with Gasteiger partial charge in [0.2, 0.25) is 0 Å². The molecule has 1 fully saturated rings. The monoisotopic (exact) mass is 304 g/mol. The van der Waals surface area contributed by atoms with Crippen molar-refractivity contribution in [1.82, 2.24) is 10.3 Å². The molecule has 2 rings (SSSR count). The second kappa shape index (κ2) is 5.95. The molecular weight excluding hydrogens is 289 g/mol. The summed E-state index contributed by atoms with van der Waals surface area (Å²) < 4.78 is 38.4. The fourth-order valence-electron chi connectivity index (χ4n) is 2.48. The van der Waals surface area contributed by atoms with Gasteiger partial charge in [-0.2, -0.15) is 13.2 Å². The van der Waals surface area contributed by atoms with Crippen molar-refractivity contribution in [1.29, 1.82) is 0 Å². The number of rotatable bonds is 2. The number of alkyl halides is 3. The second-order valence-corrected chi connectivity index (χ2v) is 5.40. The first-order chi connectivity index (χ1) is 9.38. The zero-order valence-electron chi connectivity index (χ0n) is 10.7. The Bertz CT molecular complexity index is 541. The SMILES string of the molecule is O=C(N[C@H]1CCC[C@H](C(F)(F)F)C1)c1ccc[nH]c1=S. The predicted octanol–water partition coefficient (Wildman–Crippen LogP) is 3.60. The van der Waals surface area contributed by atoms with Gasteiger partial charge in [0.05, 0.1) is 11.5 Å². The van der Waals surface area contributed by atoms with Crippen molar-refractivity contribution in [3.05, 3.63) is 28.5 Å². The Labute approximate surface area is 119 Å². The zero-order valence-corrected chi connectivity index (χ0v) is 11.5. The van der Waals surface area contributed by atoms with Gasteiger partial charge in [-0.1, -0.05) is 18.6 Å². The Morgan fingerprint density at radius 2 is 2.15 bits per heavy atom. The molecule has 1 saturated carbocycles. The molecule has 1 aliphatic rings. The molecule has 110 valence electrons. The summed E-state index contributed by atoms with van der Waals surface area (Å²) in [5.74, 6) is -1.74. The summed E-state index contributed by atoms with van der Waals surface area (Å²) in [6.07, 6.45) is -1.47. The van der Waals surface area contributed by atoms with E-state index in [1.54, 1.807) is 18.3 Å². The molecule has 3 nitrogen and oxygen atoms in total. The van der Waals surface area contributed by atoms with Gasteiger partial charge in [0.25, 0.3) is 5.91 Å². The highest BCUT2D eigenvalue weighted by Gasteiger charge is 2.42. The van der Waals surface area contributed by atoms with Gasteiger partial charge < -0.3 is 10.3 Å². The molecule has 2 atom stereocenters. The Morgan fingerprint density at radius 1 is 1.40 bits per heavy atom. The summed E-state index contributed by atoms with van der Waals surface area (Å²) in [6, 6.07) is 2.74. The molecule has 0 bridgehead atoms. The number of halogens is 3. The highest BCUT2D eigenvalue weighted by Crippen LogP contribution is 2.37. The number of nitrogens with one attached hydrogen (secondary N) is 2. The zero-order chi connectivity index (χ0) is 14.8. The lowest BCUT2D eigenvalue weighted by atomic mass is 9.85. The number of aromatic amines is 1. The molecule has 1 heterocycles. The van der Waals surface area contributed by atoms with Crippen LogP contribution in [0.3, 0.4) is 0 Å². The van der Waals surface area contributed by atoms with Crippen molar-refractivity contribution < 1.29 is 18.0 Å². The van der Waals surface area contributed by atoms with Crippen molar-refractivity contribution >= 4 is 18.1 Å². The number of hydrogen-bond donors (Lipinski definition) is 2. The first kappa shape index (κ1) is 15.0. The lowest BCUT2D eigenvalue weighted by Gasteiger charge is -2.31. The van der Waals surface area contributed by atoms with E-state index in [9.17, 15) is 18.0 Å². The fourth-order valence-corrected chi connectivity index (χ4v) is 2.71. The summed E-state index contributed by atoms with van der Waals surface area (Å²) >= 11 is 4.98. The molecular formula is C13H15F3N2OS. The lowest BCUT2D eigenvalue weighted by molar-refractivity contribution is -0.183. The molecule has 0 aromatic carbocycles. The minimum atomic E-state index is -4.19. The van der Waals surface area contributed by atoms with Gasteiger partial charge in [0.1, 0.15) is 4.64 Å². The first-order valence-electron chi connectivity index (χ1n) is 6.43. The minimum Gasteiger partial charge on any atom is -0.352 e. The summed E-state index contributed by atoms with van der Waals surface area (Å²) in [5, 5.41) is 2.65. The van der Waals surface area contributed by atoms with Crippen molar-refractivity contribution in [2.75, 3.05) is 0 Å². The van der Waals surface area contributed by atoms with Crippen LogP contribution in [0.5, 0.6) is 0 Å². The third-order valence-electron chi connectivity index (χ3n) is 3.54. The van der Waals surface area contributed by atoms with Crippen LogP contribution < -0.4 is 5.32 Å². The summed E-state index contributed by atoms with van der Waals surface area (Å²) in [7, 11) is 0. The highest BCUT2D eigenvalue weighted by molar-refractivity contribution is 7.71. The maximum absolute atomic E-state index is 12.7. The normalized spacial score (nSPS) is 23.4. The topological polar surface area (TPSA) is 44.9 Å². The average molecular weight is 304 g/mol. The first-order valence-corrected chi connectivity index (χ1v) is 6.84. The van der Waals surface area contributed by atoms with Crippen LogP contribution in [0, 0.1) is 10.6 Å². The van der Waals surface area contributed by atoms with Crippen LogP contribution >= 0.6 is 12.2 Å². The van der Waals surface area contributed by atoms with Crippen LogP contribution in [-0.4, -0.2) is 23.1 Å². The van der Waals surface area contributed by atoms with E-state index in [0.29, 0.717) is 12.8 Å². The molecule has 1 aliphatic carbocycles. The van der Waals surface area contributed by atoms with Gasteiger partial charge in [0, 0.05) is 12.2 Å². The number of pyridine rings is 1. The van der Waals surface area contributed by atoms with E-state index in [-0.39, 0.29) is 23.0 Å². The fraction of sp³-hybridized carbons (Fsp3) is 0.538. The third-order valence-corrected chi connectivity index (χ3v) is 3.87. The van der Waals surface area contributed by atoms with Gasteiger partial charge >= 0.3 is 6.18 Å². The number of amides is 1. The number of aromatic nitrogens is 1. The predicted molar refractivity (Wildman–Crippen MR) is 70.9 cm³/mol. The molecule has 0 unspecified atom stereocenters. The van der Waals surface area contributed by atoms with Crippen LogP contribution in [0.1, 0.15) is 36.0 Å². The summed E-state index contributed by atoms with van der Waals surface area (Å²) in [5.41, 5.74) is 0.289. The van der Waals surface area contributed by atoms with Crippen LogP contribution in [-0.2, 0) is 0 Å². The molecule has 0 saturated heterocycles. The van der Waals surface area contributed by atoms with Crippen molar-refractivity contribution in [3.63, 3.8) is 0 Å². The van der Waals surface area contributed by atoms with E-state index in [0.717, 1.165) is 0 Å². The molecule has 1 aromatic rings. The number of H-pyrrole nitrogens is 1. The van der Waals surface area contributed by atoms with E-state index < -0.39 is 24.0 Å². The van der Waals surface area contributed by atoms with E-state index in [2.05, 4.69) is 10.3 Å². The molecule has 1 amide bonds. The van der Waals surface area contributed by atoms with Crippen LogP contribution in [0.25, 0.3) is 0 Å². The van der Waals surface area contributed by atoms with Gasteiger partial charge in [-0.3, -0.25) is 4.79 Å². The van der Waals surface area contributed by atoms with Gasteiger partial charge in [-0.25, -0.2) is 0 Å². The molecule has 2 N–H and O–H groups in total. The second-order valence-electron chi connectivity index (χ2n) is 4.99. The molecule has 20 heavy (non-hydrogen) atoms. The molecule has 7 heteroatoms. The van der Waals surface area contributed by atoms with E-state index >= 15 is 0 Å². The Hall–Kier alpha value is -1.37. The van der Waals surface area contributed by atoms with E-state index in [4.69, 9.17) is 12.2 Å². The maximum atomic E-state index is 12.7. The quantitative estimate of drug-likeness (QED) is 0.820. The van der Waals surface area contributed by atoms with Crippen LogP contribution in [0.15, 0.2) is 18.3 Å². The molecule has 0 radical (unpaired) electrons. The van der Waals surface area contributed by atoms with Crippen molar-refractivity contribution in [3.8, 4) is 0 Å². The highest BCUT2D eigenvalue weighted by atomic mass is 32.1. The van der Waals surface area contributed by atoms with Crippen molar-refractivity contribution in [2.45, 2.75) is 37.9 Å². The largest absolute Gasteiger partial charge is 0.391 e. The molecule has 0 aliphatic heterocycles. The van der Waals surface area contributed by atoms with Crippen LogP contribution in [0.4, 0.5) is 13.2 Å². The minimum absolute atomic E-state index is 0.0570. The maximum Gasteiger partial charge on any atom is 0.391 e. The molecule has 1 aromatic heterocycles. The lowest BCUT2D eigenvalue weighted by Crippen LogP contribution is -2.41. The summed E-state index contributed by atoms with van der Waals surface area (Å²) in [4.78, 5) is 14.7. The third kappa shape index (κ3) is 3.59.